The van der Waals surface area contributed by atoms with Gasteiger partial charge in [0.05, 0.1) is 0 Å². The van der Waals surface area contributed by atoms with Crippen molar-refractivity contribution in [1.29, 1.82) is 0 Å². The van der Waals surface area contributed by atoms with E-state index in [2.05, 4.69) is 0 Å². The van der Waals surface area contributed by atoms with Crippen molar-refractivity contribution in [2.45, 2.75) is 51.1 Å². The number of aliphatic hydroxyl groups excluding tert-OH is 1. The highest BCUT2D eigenvalue weighted by atomic mass is 19.4. The number of fused-ring (bicyclic) bond motifs is 1. The molecule has 0 amide bonds. The number of likely N-dealkylation sites (tertiary alicyclic amines) is 1. The summed E-state index contributed by atoms with van der Waals surface area (Å²) in [6.45, 7) is 2.35. The molecular formula is C18H20F3NO4. The van der Waals surface area contributed by atoms with Gasteiger partial charge in [-0.2, -0.15) is 13.2 Å². The van der Waals surface area contributed by atoms with Gasteiger partial charge in [-0.1, -0.05) is 6.92 Å². The molecule has 2 N–H and O–H groups in total. The van der Waals surface area contributed by atoms with Crippen molar-refractivity contribution in [3.05, 3.63) is 39.7 Å². The predicted octanol–water partition coefficient (Wildman–Crippen LogP) is 2.95. The first-order valence-electron chi connectivity index (χ1n) is 8.48. The fourth-order valence-electron chi connectivity index (χ4n) is 3.56. The van der Waals surface area contributed by atoms with Gasteiger partial charge in [-0.15, -0.1) is 0 Å². The lowest BCUT2D eigenvalue weighted by Gasteiger charge is -2.30. The minimum absolute atomic E-state index is 0.00634. The molecule has 0 radical (unpaired) electrons. The Kier molecular flexibility index (Phi) is 4.98. The lowest BCUT2D eigenvalue weighted by atomic mass is 10.0. The lowest BCUT2D eigenvalue weighted by Crippen LogP contribution is -2.46. The average molecular weight is 371 g/mol. The fourth-order valence-corrected chi connectivity index (χ4v) is 3.56. The van der Waals surface area contributed by atoms with E-state index in [1.54, 1.807) is 11.0 Å². The van der Waals surface area contributed by atoms with Crippen molar-refractivity contribution in [2.75, 3.05) is 6.54 Å². The highest BCUT2D eigenvalue weighted by Gasteiger charge is 2.47. The number of phenolic OH excluding ortho intramolecular Hbond substituents is 1. The molecule has 0 bridgehead atoms. The summed E-state index contributed by atoms with van der Waals surface area (Å²) in [4.78, 5) is 13.4. The molecule has 1 saturated heterocycles. The Morgan fingerprint density at radius 3 is 2.69 bits per heavy atom. The number of rotatable bonds is 4. The average Bonchev–Trinajstić information content (AvgIpc) is 3.00. The second-order valence-corrected chi connectivity index (χ2v) is 6.59. The molecule has 1 fully saturated rings. The maximum absolute atomic E-state index is 12.9. The van der Waals surface area contributed by atoms with Gasteiger partial charge in [0.1, 0.15) is 11.3 Å². The van der Waals surface area contributed by atoms with Crippen LogP contribution >= 0.6 is 0 Å². The van der Waals surface area contributed by atoms with Crippen molar-refractivity contribution < 1.29 is 27.8 Å². The summed E-state index contributed by atoms with van der Waals surface area (Å²) in [7, 11) is 0. The minimum atomic E-state index is -4.69. The number of nitrogens with zero attached hydrogens (tertiary/aromatic N) is 1. The maximum atomic E-state index is 12.9. The van der Waals surface area contributed by atoms with E-state index >= 15 is 0 Å². The second-order valence-electron chi connectivity index (χ2n) is 6.59. The number of alkyl halides is 3. The van der Waals surface area contributed by atoms with Crippen LogP contribution in [0.4, 0.5) is 13.2 Å². The lowest BCUT2D eigenvalue weighted by molar-refractivity contribution is -0.219. The third-order valence-corrected chi connectivity index (χ3v) is 4.90. The topological polar surface area (TPSA) is 73.9 Å². The van der Waals surface area contributed by atoms with Crippen LogP contribution in [0.5, 0.6) is 5.75 Å². The molecule has 2 heterocycles. The normalized spacial score (nSPS) is 20.0. The van der Waals surface area contributed by atoms with Crippen LogP contribution in [0.3, 0.4) is 0 Å². The van der Waals surface area contributed by atoms with Crippen molar-refractivity contribution >= 4 is 11.0 Å². The van der Waals surface area contributed by atoms with E-state index in [-0.39, 0.29) is 24.3 Å². The molecule has 2 aromatic rings. The molecule has 26 heavy (non-hydrogen) atoms. The Bertz CT molecular complexity index is 862. The van der Waals surface area contributed by atoms with E-state index < -0.39 is 23.9 Å². The molecule has 142 valence electrons. The minimum Gasteiger partial charge on any atom is -0.508 e. The van der Waals surface area contributed by atoms with Crippen LogP contribution in [0.25, 0.3) is 11.0 Å². The summed E-state index contributed by atoms with van der Waals surface area (Å²) in [5, 5.41) is 20.2. The van der Waals surface area contributed by atoms with Crippen molar-refractivity contribution in [2.24, 2.45) is 0 Å². The molecule has 1 aromatic heterocycles. The number of aromatic hydroxyl groups is 1. The van der Waals surface area contributed by atoms with Crippen LogP contribution in [0.2, 0.25) is 0 Å². The summed E-state index contributed by atoms with van der Waals surface area (Å²) < 4.78 is 43.8. The van der Waals surface area contributed by atoms with Gasteiger partial charge in [-0.3, -0.25) is 4.90 Å². The summed E-state index contributed by atoms with van der Waals surface area (Å²) in [5.74, 6) is 0.00634. The van der Waals surface area contributed by atoms with Gasteiger partial charge in [-0.25, -0.2) is 4.79 Å². The van der Waals surface area contributed by atoms with Crippen LogP contribution in [0.1, 0.15) is 30.9 Å². The molecule has 0 unspecified atom stereocenters. The standard InChI is InChI=1S/C18H20F3NO4/c1-2-10-6-12-11(7-16(24)26-15(12)8-14(10)23)9-22-5-3-4-13(22)17(25)18(19,20)21/h6-8,13,17,23,25H,2-5,9H2,1H3/t13-,17-/m0/s1. The number of phenols is 1. The first kappa shape index (κ1) is 18.7. The van der Waals surface area contributed by atoms with Gasteiger partial charge >= 0.3 is 11.8 Å². The van der Waals surface area contributed by atoms with Gasteiger partial charge in [0.2, 0.25) is 0 Å². The van der Waals surface area contributed by atoms with E-state index in [0.717, 1.165) is 0 Å². The Morgan fingerprint density at radius 1 is 1.31 bits per heavy atom. The van der Waals surface area contributed by atoms with Crippen LogP contribution in [-0.2, 0) is 13.0 Å². The van der Waals surface area contributed by atoms with Crippen molar-refractivity contribution in [1.82, 2.24) is 4.90 Å². The number of aryl methyl sites for hydroxylation is 1. The van der Waals surface area contributed by atoms with E-state index in [9.17, 15) is 28.2 Å². The summed E-state index contributed by atoms with van der Waals surface area (Å²) in [6, 6.07) is 3.26. The predicted molar refractivity (Wildman–Crippen MR) is 89.0 cm³/mol. The second kappa shape index (κ2) is 6.92. The third kappa shape index (κ3) is 3.57. The molecule has 0 spiro atoms. The number of hydrogen-bond acceptors (Lipinski definition) is 5. The van der Waals surface area contributed by atoms with E-state index in [1.165, 1.54) is 12.1 Å². The zero-order valence-electron chi connectivity index (χ0n) is 14.2. The van der Waals surface area contributed by atoms with E-state index in [0.29, 0.717) is 35.9 Å². The van der Waals surface area contributed by atoms with Crippen LogP contribution < -0.4 is 5.63 Å². The summed E-state index contributed by atoms with van der Waals surface area (Å²) >= 11 is 0. The molecule has 1 aromatic carbocycles. The van der Waals surface area contributed by atoms with Crippen molar-refractivity contribution in [3.8, 4) is 5.75 Å². The number of aliphatic hydroxyl groups is 1. The number of benzene rings is 1. The Balaban J connectivity index is 1.99. The van der Waals surface area contributed by atoms with E-state index in [1.807, 2.05) is 6.92 Å². The number of hydrogen-bond donors (Lipinski definition) is 2. The summed E-state index contributed by atoms with van der Waals surface area (Å²) in [5.41, 5.74) is 0.728. The molecular weight excluding hydrogens is 351 g/mol. The Hall–Kier alpha value is -2.06. The molecule has 5 nitrogen and oxygen atoms in total. The molecule has 1 aliphatic rings. The largest absolute Gasteiger partial charge is 0.508 e. The quantitative estimate of drug-likeness (QED) is 0.809. The molecule has 8 heteroatoms. The maximum Gasteiger partial charge on any atom is 0.415 e. The summed E-state index contributed by atoms with van der Waals surface area (Å²) in [6.07, 6.45) is -5.78. The zero-order chi connectivity index (χ0) is 19.1. The first-order chi connectivity index (χ1) is 12.2. The van der Waals surface area contributed by atoms with Gasteiger partial charge in [0.15, 0.2) is 6.10 Å². The SMILES string of the molecule is CCc1cc2c(CN3CCC[C@H]3[C@H](O)C(F)(F)F)cc(=O)oc2cc1O. The van der Waals surface area contributed by atoms with Crippen LogP contribution in [-0.4, -0.2) is 40.0 Å². The van der Waals surface area contributed by atoms with Gasteiger partial charge < -0.3 is 14.6 Å². The third-order valence-electron chi connectivity index (χ3n) is 4.90. The smallest absolute Gasteiger partial charge is 0.415 e. The molecule has 2 atom stereocenters. The highest BCUT2D eigenvalue weighted by molar-refractivity contribution is 5.82. The molecule has 0 aliphatic carbocycles. The van der Waals surface area contributed by atoms with Crippen LogP contribution in [0, 0.1) is 0 Å². The zero-order valence-corrected chi connectivity index (χ0v) is 14.2. The monoisotopic (exact) mass is 371 g/mol. The molecule has 0 saturated carbocycles. The van der Waals surface area contributed by atoms with Crippen molar-refractivity contribution in [3.63, 3.8) is 0 Å². The Morgan fingerprint density at radius 2 is 2.04 bits per heavy atom. The molecule has 3 rings (SSSR count). The Labute approximate surface area is 147 Å². The van der Waals surface area contributed by atoms with Crippen LogP contribution in [0.15, 0.2) is 27.4 Å². The van der Waals surface area contributed by atoms with E-state index in [4.69, 9.17) is 4.42 Å². The number of halogens is 3. The van der Waals surface area contributed by atoms with Gasteiger partial charge in [0, 0.05) is 30.1 Å². The molecule has 1 aliphatic heterocycles. The highest BCUT2D eigenvalue weighted by Crippen LogP contribution is 2.33. The fraction of sp³-hybridized carbons (Fsp3) is 0.500. The first-order valence-corrected chi connectivity index (χ1v) is 8.48. The van der Waals surface area contributed by atoms with Gasteiger partial charge in [-0.05, 0) is 43.0 Å². The van der Waals surface area contributed by atoms with Gasteiger partial charge in [0.25, 0.3) is 0 Å².